The predicted molar refractivity (Wildman–Crippen MR) is 98.0 cm³/mol. The van der Waals surface area contributed by atoms with Gasteiger partial charge in [0.25, 0.3) is 0 Å². The van der Waals surface area contributed by atoms with Crippen LogP contribution in [-0.4, -0.2) is 52.6 Å². The molecule has 0 atom stereocenters. The lowest BCUT2D eigenvalue weighted by atomic mass is 9.97. The number of aromatic nitrogens is 1. The Balaban J connectivity index is 1.81. The first-order valence-corrected chi connectivity index (χ1v) is 8.90. The first-order valence-electron chi connectivity index (χ1n) is 8.90. The zero-order valence-electron chi connectivity index (χ0n) is 14.7. The van der Waals surface area contributed by atoms with Gasteiger partial charge in [-0.2, -0.15) is 0 Å². The van der Waals surface area contributed by atoms with Crippen LogP contribution in [-0.2, 0) is 17.8 Å². The fourth-order valence-electron chi connectivity index (χ4n) is 4.12. The van der Waals surface area contributed by atoms with Gasteiger partial charge in [-0.05, 0) is 30.5 Å². The first kappa shape index (κ1) is 16.6. The molecule has 2 aromatic rings. The molecule has 7 heteroatoms. The number of amides is 1. The molecule has 2 aliphatic rings. The lowest BCUT2D eigenvalue weighted by Crippen LogP contribution is -2.48. The number of anilines is 1. The number of aromatic carboxylic acids is 1. The summed E-state index contributed by atoms with van der Waals surface area (Å²) in [7, 11) is 0. The van der Waals surface area contributed by atoms with Crippen molar-refractivity contribution in [3.63, 3.8) is 0 Å². The zero-order chi connectivity index (χ0) is 18.4. The van der Waals surface area contributed by atoms with Gasteiger partial charge in [-0.15, -0.1) is 0 Å². The fraction of sp³-hybridized carbons (Fsp3) is 0.421. The quantitative estimate of drug-likeness (QED) is 0.878. The van der Waals surface area contributed by atoms with E-state index in [1.807, 2.05) is 15.5 Å². The van der Waals surface area contributed by atoms with Crippen LogP contribution in [0.1, 0.15) is 29.3 Å². The third-order valence-electron chi connectivity index (χ3n) is 5.44. The average molecular weight is 355 g/mol. The zero-order valence-corrected chi connectivity index (χ0v) is 14.7. The van der Waals surface area contributed by atoms with Crippen molar-refractivity contribution in [1.82, 2.24) is 9.47 Å². The number of benzene rings is 1. The van der Waals surface area contributed by atoms with Crippen LogP contribution in [0.25, 0.3) is 10.9 Å². The second-order valence-electron chi connectivity index (χ2n) is 6.93. The summed E-state index contributed by atoms with van der Waals surface area (Å²) < 4.78 is 1.91. The van der Waals surface area contributed by atoms with E-state index in [0.717, 1.165) is 42.7 Å². The van der Waals surface area contributed by atoms with Gasteiger partial charge >= 0.3 is 5.97 Å². The number of hydrogen-bond donors (Lipinski definition) is 1. The van der Waals surface area contributed by atoms with Gasteiger partial charge in [0.05, 0.1) is 5.52 Å². The number of carboxylic acid groups (broad SMARTS) is 1. The van der Waals surface area contributed by atoms with E-state index in [4.69, 9.17) is 0 Å². The number of hydrogen-bond acceptors (Lipinski definition) is 4. The molecular weight excluding hydrogens is 334 g/mol. The maximum absolute atomic E-state index is 12.6. The number of nitrogens with zero attached hydrogens (tertiary/aromatic N) is 3. The second-order valence-corrected chi connectivity index (χ2v) is 6.93. The van der Waals surface area contributed by atoms with E-state index in [1.54, 1.807) is 13.0 Å². The van der Waals surface area contributed by atoms with Gasteiger partial charge in [0.1, 0.15) is 5.56 Å². The highest BCUT2D eigenvalue weighted by Gasteiger charge is 2.25. The van der Waals surface area contributed by atoms with Crippen LogP contribution in [0.2, 0.25) is 0 Å². The molecule has 1 amide bonds. The van der Waals surface area contributed by atoms with Crippen molar-refractivity contribution in [2.75, 3.05) is 31.1 Å². The molecule has 2 aliphatic heterocycles. The number of carbonyl (C=O) groups is 2. The molecule has 1 fully saturated rings. The Labute approximate surface area is 150 Å². The summed E-state index contributed by atoms with van der Waals surface area (Å²) in [6.45, 7) is 5.21. The van der Waals surface area contributed by atoms with Crippen LogP contribution in [0.3, 0.4) is 0 Å². The third kappa shape index (κ3) is 2.55. The minimum atomic E-state index is -1.18. The summed E-state index contributed by atoms with van der Waals surface area (Å²) in [5.41, 5.74) is 2.47. The largest absolute Gasteiger partial charge is 0.477 e. The highest BCUT2D eigenvalue weighted by Crippen LogP contribution is 2.33. The van der Waals surface area contributed by atoms with Crippen LogP contribution in [0.15, 0.2) is 23.1 Å². The lowest BCUT2D eigenvalue weighted by molar-refractivity contribution is -0.129. The highest BCUT2D eigenvalue weighted by molar-refractivity contribution is 5.95. The van der Waals surface area contributed by atoms with Gasteiger partial charge in [0, 0.05) is 56.9 Å². The number of piperazine rings is 1. The molecule has 0 aliphatic carbocycles. The molecule has 7 nitrogen and oxygen atoms in total. The molecule has 26 heavy (non-hydrogen) atoms. The molecule has 136 valence electrons. The van der Waals surface area contributed by atoms with Crippen LogP contribution in [0.4, 0.5) is 5.69 Å². The summed E-state index contributed by atoms with van der Waals surface area (Å²) >= 11 is 0. The highest BCUT2D eigenvalue weighted by atomic mass is 16.4. The van der Waals surface area contributed by atoms with Crippen LogP contribution >= 0.6 is 0 Å². The first-order chi connectivity index (χ1) is 12.5. The minimum Gasteiger partial charge on any atom is -0.477 e. The van der Waals surface area contributed by atoms with Crippen molar-refractivity contribution < 1.29 is 14.7 Å². The average Bonchev–Trinajstić information content (AvgIpc) is 2.64. The van der Waals surface area contributed by atoms with Gasteiger partial charge in [-0.25, -0.2) is 4.79 Å². The van der Waals surface area contributed by atoms with E-state index in [0.29, 0.717) is 25.0 Å². The Morgan fingerprint density at radius 2 is 1.81 bits per heavy atom. The summed E-state index contributed by atoms with van der Waals surface area (Å²) in [5.74, 6) is -1.09. The van der Waals surface area contributed by atoms with Crippen LogP contribution in [0.5, 0.6) is 0 Å². The van der Waals surface area contributed by atoms with Crippen molar-refractivity contribution in [1.29, 1.82) is 0 Å². The summed E-state index contributed by atoms with van der Waals surface area (Å²) in [6, 6.07) is 3.69. The van der Waals surface area contributed by atoms with Gasteiger partial charge in [-0.3, -0.25) is 9.59 Å². The Hall–Kier alpha value is -2.83. The molecule has 0 radical (unpaired) electrons. The lowest BCUT2D eigenvalue weighted by Gasteiger charge is -2.37. The Kier molecular flexibility index (Phi) is 3.94. The fourth-order valence-corrected chi connectivity index (χ4v) is 4.12. The van der Waals surface area contributed by atoms with E-state index in [1.165, 1.54) is 6.20 Å². The Morgan fingerprint density at radius 1 is 1.08 bits per heavy atom. The summed E-state index contributed by atoms with van der Waals surface area (Å²) in [5, 5.41) is 9.78. The summed E-state index contributed by atoms with van der Waals surface area (Å²) in [4.78, 5) is 39.6. The van der Waals surface area contributed by atoms with Crippen molar-refractivity contribution in [2.45, 2.75) is 26.3 Å². The molecule has 0 bridgehead atoms. The number of aryl methyl sites for hydroxylation is 2. The molecule has 0 unspecified atom stereocenters. The van der Waals surface area contributed by atoms with E-state index in [9.17, 15) is 19.5 Å². The standard InChI is InChI=1S/C19H21N3O4/c1-12(23)20-7-9-21(10-8-20)16-5-4-14-17-13(16)3-2-6-22(17)11-15(18(14)24)19(25)26/h4-5,11H,2-3,6-10H2,1H3,(H,25,26). The molecule has 1 aromatic carbocycles. The van der Waals surface area contributed by atoms with Gasteiger partial charge in [0.2, 0.25) is 11.3 Å². The molecular formula is C19H21N3O4. The van der Waals surface area contributed by atoms with E-state index in [-0.39, 0.29) is 11.5 Å². The number of rotatable bonds is 2. The smallest absolute Gasteiger partial charge is 0.341 e. The normalized spacial score (nSPS) is 16.8. The summed E-state index contributed by atoms with van der Waals surface area (Å²) in [6.07, 6.45) is 3.26. The molecule has 0 spiro atoms. The Morgan fingerprint density at radius 3 is 2.46 bits per heavy atom. The number of carbonyl (C=O) groups excluding carboxylic acids is 1. The van der Waals surface area contributed by atoms with Gasteiger partial charge < -0.3 is 19.5 Å². The number of pyridine rings is 1. The van der Waals surface area contributed by atoms with E-state index in [2.05, 4.69) is 4.90 Å². The van der Waals surface area contributed by atoms with Gasteiger partial charge in [0.15, 0.2) is 0 Å². The van der Waals surface area contributed by atoms with Crippen molar-refractivity contribution in [3.05, 3.63) is 39.7 Å². The second kappa shape index (κ2) is 6.16. The molecule has 1 N–H and O–H groups in total. The molecule has 1 aromatic heterocycles. The third-order valence-corrected chi connectivity index (χ3v) is 5.44. The van der Waals surface area contributed by atoms with Gasteiger partial charge in [-0.1, -0.05) is 0 Å². The minimum absolute atomic E-state index is 0.0968. The van der Waals surface area contributed by atoms with Crippen LogP contribution in [0, 0.1) is 0 Å². The van der Waals surface area contributed by atoms with E-state index >= 15 is 0 Å². The van der Waals surface area contributed by atoms with Crippen molar-refractivity contribution in [3.8, 4) is 0 Å². The van der Waals surface area contributed by atoms with Crippen LogP contribution < -0.4 is 10.3 Å². The Bertz CT molecular complexity index is 971. The maximum atomic E-state index is 12.6. The van der Waals surface area contributed by atoms with Crippen molar-refractivity contribution >= 4 is 28.5 Å². The predicted octanol–water partition coefficient (Wildman–Crippen LogP) is 1.31. The monoisotopic (exact) mass is 355 g/mol. The molecule has 4 rings (SSSR count). The SMILES string of the molecule is CC(=O)N1CCN(c2ccc3c(=O)c(C(=O)O)cn4c3c2CCC4)CC1. The van der Waals surface area contributed by atoms with Crippen molar-refractivity contribution in [2.24, 2.45) is 0 Å². The number of carboxylic acids is 1. The molecule has 0 saturated carbocycles. The molecule has 1 saturated heterocycles. The maximum Gasteiger partial charge on any atom is 0.341 e. The molecule has 3 heterocycles. The van der Waals surface area contributed by atoms with E-state index < -0.39 is 11.4 Å². The topological polar surface area (TPSA) is 82.8 Å².